The van der Waals surface area contributed by atoms with Crippen molar-refractivity contribution in [3.05, 3.63) is 76.8 Å². The number of nitrogens with zero attached hydrogens (tertiary/aromatic N) is 3. The molecule has 134 valence electrons. The van der Waals surface area contributed by atoms with Gasteiger partial charge in [-0.05, 0) is 42.8 Å². The molecule has 1 N–H and O–H groups in total. The smallest absolute Gasteiger partial charge is 0.254 e. The molecule has 0 aliphatic carbocycles. The molecular formula is C20H21ClN4O. The van der Waals surface area contributed by atoms with Crippen molar-refractivity contribution < 1.29 is 4.79 Å². The van der Waals surface area contributed by atoms with E-state index in [9.17, 15) is 4.79 Å². The Hall–Kier alpha value is -2.66. The fraction of sp³-hybridized carbons (Fsp3) is 0.250. The van der Waals surface area contributed by atoms with Crippen molar-refractivity contribution in [3.63, 3.8) is 0 Å². The van der Waals surface area contributed by atoms with Gasteiger partial charge in [-0.25, -0.2) is 4.68 Å². The Labute approximate surface area is 158 Å². The first-order valence-electron chi connectivity index (χ1n) is 8.70. The van der Waals surface area contributed by atoms with Gasteiger partial charge in [0.05, 0.1) is 23.1 Å². The highest BCUT2D eigenvalue weighted by Crippen LogP contribution is 2.19. The van der Waals surface area contributed by atoms with E-state index >= 15 is 0 Å². The van der Waals surface area contributed by atoms with Crippen molar-refractivity contribution in [1.29, 1.82) is 0 Å². The number of benzene rings is 1. The minimum atomic E-state index is -0.107. The van der Waals surface area contributed by atoms with Crippen LogP contribution in [0, 0.1) is 0 Å². The lowest BCUT2D eigenvalue weighted by Crippen LogP contribution is -2.26. The van der Waals surface area contributed by atoms with Gasteiger partial charge in [-0.15, -0.1) is 0 Å². The fourth-order valence-electron chi connectivity index (χ4n) is 2.79. The molecule has 1 amide bonds. The van der Waals surface area contributed by atoms with E-state index in [1.165, 1.54) is 0 Å². The lowest BCUT2D eigenvalue weighted by Gasteiger charge is -2.09. The zero-order chi connectivity index (χ0) is 18.4. The normalized spacial score (nSPS) is 10.7. The molecule has 3 rings (SSSR count). The molecule has 0 saturated heterocycles. The lowest BCUT2D eigenvalue weighted by atomic mass is 10.1. The maximum atomic E-state index is 12.6. The largest absolute Gasteiger partial charge is 0.352 e. The van der Waals surface area contributed by atoms with Crippen molar-refractivity contribution in [2.75, 3.05) is 6.54 Å². The second kappa shape index (κ2) is 8.63. The molecule has 0 bridgehead atoms. The van der Waals surface area contributed by atoms with E-state index in [1.54, 1.807) is 12.4 Å². The number of rotatable bonds is 7. The van der Waals surface area contributed by atoms with Crippen LogP contribution in [0.25, 0.3) is 5.69 Å². The molecule has 0 unspecified atom stereocenters. The third-order valence-electron chi connectivity index (χ3n) is 4.06. The Morgan fingerprint density at radius 2 is 1.96 bits per heavy atom. The standard InChI is InChI=1S/C20H21ClN4O/c1-2-5-19-18(14-24-25(19)17-9-7-15(21)8-10-17)20(26)23-13-11-16-6-3-4-12-22-16/h3-4,6-10,12,14H,2,5,11,13H2,1H3,(H,23,26). The predicted octanol–water partition coefficient (Wildman–Crippen LogP) is 3.85. The number of nitrogens with one attached hydrogen (secondary N) is 1. The monoisotopic (exact) mass is 368 g/mol. The third-order valence-corrected chi connectivity index (χ3v) is 4.32. The number of halogens is 1. The average Bonchev–Trinajstić information content (AvgIpc) is 3.07. The fourth-order valence-corrected chi connectivity index (χ4v) is 2.92. The van der Waals surface area contributed by atoms with E-state index in [4.69, 9.17) is 11.6 Å². The minimum absolute atomic E-state index is 0.107. The first kappa shape index (κ1) is 18.1. The Kier molecular flexibility index (Phi) is 6.02. The van der Waals surface area contributed by atoms with Crippen LogP contribution in [-0.4, -0.2) is 27.2 Å². The van der Waals surface area contributed by atoms with Crippen molar-refractivity contribution >= 4 is 17.5 Å². The number of hydrogen-bond donors (Lipinski definition) is 1. The maximum Gasteiger partial charge on any atom is 0.254 e. The summed E-state index contributed by atoms with van der Waals surface area (Å²) in [6.07, 6.45) is 5.78. The summed E-state index contributed by atoms with van der Waals surface area (Å²) in [5.41, 5.74) is 3.37. The van der Waals surface area contributed by atoms with Crippen LogP contribution in [0.3, 0.4) is 0 Å². The Morgan fingerprint density at radius 3 is 2.65 bits per heavy atom. The van der Waals surface area contributed by atoms with Crippen LogP contribution in [0.4, 0.5) is 0 Å². The first-order chi connectivity index (χ1) is 12.7. The van der Waals surface area contributed by atoms with Crippen LogP contribution in [0.5, 0.6) is 0 Å². The topological polar surface area (TPSA) is 59.8 Å². The Balaban J connectivity index is 1.74. The summed E-state index contributed by atoms with van der Waals surface area (Å²) in [5.74, 6) is -0.107. The van der Waals surface area contributed by atoms with Gasteiger partial charge in [-0.2, -0.15) is 5.10 Å². The molecule has 0 spiro atoms. The van der Waals surface area contributed by atoms with E-state index in [2.05, 4.69) is 22.3 Å². The highest BCUT2D eigenvalue weighted by atomic mass is 35.5. The molecule has 0 atom stereocenters. The molecule has 0 aliphatic heterocycles. The SMILES string of the molecule is CCCc1c(C(=O)NCCc2ccccn2)cnn1-c1ccc(Cl)cc1. The molecule has 26 heavy (non-hydrogen) atoms. The van der Waals surface area contributed by atoms with Gasteiger partial charge in [0.1, 0.15) is 0 Å². The molecule has 0 fully saturated rings. The van der Waals surface area contributed by atoms with E-state index in [1.807, 2.05) is 47.1 Å². The van der Waals surface area contributed by atoms with Crippen LogP contribution >= 0.6 is 11.6 Å². The summed E-state index contributed by atoms with van der Waals surface area (Å²) in [6, 6.07) is 13.2. The molecular weight excluding hydrogens is 348 g/mol. The van der Waals surface area contributed by atoms with E-state index in [0.717, 1.165) is 29.9 Å². The van der Waals surface area contributed by atoms with Crippen LogP contribution in [-0.2, 0) is 12.8 Å². The Morgan fingerprint density at radius 1 is 1.15 bits per heavy atom. The number of carbonyl (C=O) groups excluding carboxylic acids is 1. The van der Waals surface area contributed by atoms with E-state index in [0.29, 0.717) is 23.6 Å². The van der Waals surface area contributed by atoms with Crippen molar-refractivity contribution in [1.82, 2.24) is 20.1 Å². The van der Waals surface area contributed by atoms with Crippen molar-refractivity contribution in [2.45, 2.75) is 26.2 Å². The van der Waals surface area contributed by atoms with Crippen LogP contribution in [0.2, 0.25) is 5.02 Å². The van der Waals surface area contributed by atoms with Gasteiger partial charge in [0.15, 0.2) is 0 Å². The predicted molar refractivity (Wildman–Crippen MR) is 103 cm³/mol. The van der Waals surface area contributed by atoms with Gasteiger partial charge in [-0.3, -0.25) is 9.78 Å². The number of pyridine rings is 1. The number of hydrogen-bond acceptors (Lipinski definition) is 3. The van der Waals surface area contributed by atoms with Gasteiger partial charge in [0.2, 0.25) is 0 Å². The minimum Gasteiger partial charge on any atom is -0.352 e. The molecule has 0 radical (unpaired) electrons. The van der Waals surface area contributed by atoms with Gasteiger partial charge in [-0.1, -0.05) is 31.0 Å². The van der Waals surface area contributed by atoms with Crippen LogP contribution in [0.1, 0.15) is 35.1 Å². The van der Waals surface area contributed by atoms with E-state index in [-0.39, 0.29) is 5.91 Å². The summed E-state index contributed by atoms with van der Waals surface area (Å²) in [5, 5.41) is 8.06. The van der Waals surface area contributed by atoms with Gasteiger partial charge in [0, 0.05) is 29.9 Å². The van der Waals surface area contributed by atoms with E-state index < -0.39 is 0 Å². The van der Waals surface area contributed by atoms with Crippen molar-refractivity contribution in [3.8, 4) is 5.69 Å². The highest BCUT2D eigenvalue weighted by molar-refractivity contribution is 6.30. The molecule has 6 heteroatoms. The molecule has 3 aromatic rings. The molecule has 2 aromatic heterocycles. The average molecular weight is 369 g/mol. The van der Waals surface area contributed by atoms with Crippen molar-refractivity contribution in [2.24, 2.45) is 0 Å². The van der Waals surface area contributed by atoms with Gasteiger partial charge >= 0.3 is 0 Å². The molecule has 5 nitrogen and oxygen atoms in total. The quantitative estimate of drug-likeness (QED) is 0.689. The summed E-state index contributed by atoms with van der Waals surface area (Å²) < 4.78 is 1.81. The summed E-state index contributed by atoms with van der Waals surface area (Å²) in [4.78, 5) is 16.9. The number of carbonyl (C=O) groups is 1. The third kappa shape index (κ3) is 4.29. The molecule has 1 aromatic carbocycles. The van der Waals surface area contributed by atoms with Crippen LogP contribution in [0.15, 0.2) is 54.9 Å². The summed E-state index contributed by atoms with van der Waals surface area (Å²) >= 11 is 5.96. The highest BCUT2D eigenvalue weighted by Gasteiger charge is 2.17. The van der Waals surface area contributed by atoms with Gasteiger partial charge in [0.25, 0.3) is 5.91 Å². The zero-order valence-electron chi connectivity index (χ0n) is 14.7. The lowest BCUT2D eigenvalue weighted by molar-refractivity contribution is 0.0953. The summed E-state index contributed by atoms with van der Waals surface area (Å²) in [6.45, 7) is 2.62. The first-order valence-corrected chi connectivity index (χ1v) is 9.07. The van der Waals surface area contributed by atoms with Gasteiger partial charge < -0.3 is 5.32 Å². The Bertz CT molecular complexity index is 859. The second-order valence-electron chi connectivity index (χ2n) is 5.97. The molecule has 0 aliphatic rings. The molecule has 2 heterocycles. The summed E-state index contributed by atoms with van der Waals surface area (Å²) in [7, 11) is 0. The number of aromatic nitrogens is 3. The number of amides is 1. The maximum absolute atomic E-state index is 12.6. The zero-order valence-corrected chi connectivity index (χ0v) is 15.4. The molecule has 0 saturated carbocycles. The van der Waals surface area contributed by atoms with Crippen LogP contribution < -0.4 is 5.32 Å². The second-order valence-corrected chi connectivity index (χ2v) is 6.41.